The lowest BCUT2D eigenvalue weighted by Crippen LogP contribution is -2.30. The van der Waals surface area contributed by atoms with E-state index < -0.39 is 11.7 Å². The Balaban J connectivity index is 0.00000196. The fourth-order valence-corrected chi connectivity index (χ4v) is 0.827. The number of rotatable bonds is 0. The molecule has 4 nitrogen and oxygen atoms in total. The molecule has 1 aliphatic rings. The van der Waals surface area contributed by atoms with Gasteiger partial charge < -0.3 is 4.74 Å². The van der Waals surface area contributed by atoms with Crippen LogP contribution in [0.5, 0.6) is 0 Å². The lowest BCUT2D eigenvalue weighted by molar-refractivity contribution is 0.0400. The zero-order valence-electron chi connectivity index (χ0n) is 9.01. The molecule has 84 valence electrons. The minimum Gasteiger partial charge on any atom is -0.443 e. The summed E-state index contributed by atoms with van der Waals surface area (Å²) in [5.74, 6) is 0. The Morgan fingerprint density at radius 1 is 1.33 bits per heavy atom. The Morgan fingerprint density at radius 3 is 2.60 bits per heavy atom. The monoisotopic (exact) mass is 230 g/mol. The Kier molecular flexibility index (Phi) is 5.08. The van der Waals surface area contributed by atoms with Crippen LogP contribution in [0, 0.1) is 0 Å². The molecular formula is C10H15ClN2O2. The molecule has 0 atom stereocenters. The second-order valence-corrected chi connectivity index (χ2v) is 3.83. The molecule has 0 saturated heterocycles. The summed E-state index contributed by atoms with van der Waals surface area (Å²) in [4.78, 5) is 16.7. The van der Waals surface area contributed by atoms with Crippen LogP contribution >= 0.6 is 12.4 Å². The quantitative estimate of drug-likeness (QED) is 0.642. The maximum Gasteiger partial charge on any atom is 0.418 e. The highest BCUT2D eigenvalue weighted by atomic mass is 35.5. The molecule has 0 spiro atoms. The minimum absolute atomic E-state index is 0. The number of nitrogens with zero attached hydrogens (tertiary/aromatic N) is 2. The summed E-state index contributed by atoms with van der Waals surface area (Å²) in [5, 5.41) is 0. The van der Waals surface area contributed by atoms with Gasteiger partial charge in [0, 0.05) is 24.8 Å². The first-order valence-corrected chi connectivity index (χ1v) is 4.37. The number of ether oxygens (including phenoxy) is 1. The van der Waals surface area contributed by atoms with Gasteiger partial charge >= 0.3 is 6.09 Å². The maximum atomic E-state index is 11.5. The standard InChI is InChI=1S/C10H14N2O2.ClH/c1-10(2,3)14-9(13)12-7-4-5-11-6-8-12;/h4-8H,1-3H3;1H. The number of halogens is 1. The third-order valence-corrected chi connectivity index (χ3v) is 1.34. The van der Waals surface area contributed by atoms with Crippen LogP contribution in [-0.4, -0.2) is 22.8 Å². The van der Waals surface area contributed by atoms with E-state index in [1.54, 1.807) is 24.7 Å². The van der Waals surface area contributed by atoms with Crippen molar-refractivity contribution in [1.82, 2.24) is 4.90 Å². The Labute approximate surface area is 95.7 Å². The molecule has 0 bridgehead atoms. The predicted octanol–water partition coefficient (Wildman–Crippen LogP) is 2.71. The van der Waals surface area contributed by atoms with Crippen molar-refractivity contribution >= 4 is 24.7 Å². The lowest BCUT2D eigenvalue weighted by atomic mass is 10.2. The summed E-state index contributed by atoms with van der Waals surface area (Å²) in [6, 6.07) is 0. The summed E-state index contributed by atoms with van der Waals surface area (Å²) in [5.41, 5.74) is -0.480. The highest BCUT2D eigenvalue weighted by molar-refractivity contribution is 5.85. The first-order valence-electron chi connectivity index (χ1n) is 4.37. The smallest absolute Gasteiger partial charge is 0.418 e. The van der Waals surface area contributed by atoms with Crippen molar-refractivity contribution in [1.29, 1.82) is 0 Å². The van der Waals surface area contributed by atoms with E-state index in [1.165, 1.54) is 11.1 Å². The van der Waals surface area contributed by atoms with Crippen LogP contribution in [0.4, 0.5) is 4.79 Å². The van der Waals surface area contributed by atoms with Crippen molar-refractivity contribution in [2.45, 2.75) is 26.4 Å². The second-order valence-electron chi connectivity index (χ2n) is 3.83. The molecule has 0 unspecified atom stereocenters. The zero-order valence-corrected chi connectivity index (χ0v) is 9.82. The molecule has 1 rings (SSSR count). The van der Waals surface area contributed by atoms with Crippen molar-refractivity contribution in [3.8, 4) is 0 Å². The van der Waals surface area contributed by atoms with E-state index in [1.807, 2.05) is 20.8 Å². The molecule has 0 aromatic heterocycles. The highest BCUT2D eigenvalue weighted by Gasteiger charge is 2.19. The van der Waals surface area contributed by atoms with Gasteiger partial charge in [0.05, 0.1) is 0 Å². The number of hydrogen-bond acceptors (Lipinski definition) is 3. The number of aliphatic imine (C=N–C) groups is 1. The van der Waals surface area contributed by atoms with Gasteiger partial charge in [0.1, 0.15) is 5.60 Å². The van der Waals surface area contributed by atoms with Crippen LogP contribution in [0.15, 0.2) is 29.7 Å². The molecule has 1 amide bonds. The Hall–Kier alpha value is -1.29. The molecule has 0 aliphatic carbocycles. The van der Waals surface area contributed by atoms with E-state index in [0.29, 0.717) is 0 Å². The lowest BCUT2D eigenvalue weighted by Gasteiger charge is -2.22. The number of allylic oxidation sites excluding steroid dienone is 1. The van der Waals surface area contributed by atoms with Gasteiger partial charge in [-0.25, -0.2) is 4.79 Å². The number of amides is 1. The van der Waals surface area contributed by atoms with Crippen molar-refractivity contribution in [2.75, 3.05) is 0 Å². The number of hydrogen-bond donors (Lipinski definition) is 0. The first-order chi connectivity index (χ1) is 6.49. The fourth-order valence-electron chi connectivity index (χ4n) is 0.827. The first kappa shape index (κ1) is 13.7. The topological polar surface area (TPSA) is 41.9 Å². The van der Waals surface area contributed by atoms with Crippen molar-refractivity contribution in [3.63, 3.8) is 0 Å². The molecule has 0 aromatic rings. The fraction of sp³-hybridized carbons (Fsp3) is 0.400. The average Bonchev–Trinajstić information content (AvgIpc) is 2.27. The molecule has 0 N–H and O–H groups in total. The molecule has 0 saturated carbocycles. The van der Waals surface area contributed by atoms with Gasteiger partial charge in [-0.15, -0.1) is 12.4 Å². The van der Waals surface area contributed by atoms with Gasteiger partial charge in [0.15, 0.2) is 0 Å². The molecule has 0 radical (unpaired) electrons. The number of carbonyl (C=O) groups is 1. The molecular weight excluding hydrogens is 216 g/mol. The third-order valence-electron chi connectivity index (χ3n) is 1.34. The minimum atomic E-state index is -0.480. The highest BCUT2D eigenvalue weighted by Crippen LogP contribution is 2.10. The van der Waals surface area contributed by atoms with Crippen LogP contribution in [-0.2, 0) is 4.74 Å². The molecule has 5 heteroatoms. The van der Waals surface area contributed by atoms with E-state index in [4.69, 9.17) is 4.74 Å². The van der Waals surface area contributed by atoms with Crippen LogP contribution in [0.25, 0.3) is 0 Å². The Morgan fingerprint density at radius 2 is 2.00 bits per heavy atom. The van der Waals surface area contributed by atoms with Gasteiger partial charge in [-0.05, 0) is 26.8 Å². The van der Waals surface area contributed by atoms with E-state index in [2.05, 4.69) is 4.99 Å². The van der Waals surface area contributed by atoms with Crippen molar-refractivity contribution in [2.24, 2.45) is 4.99 Å². The summed E-state index contributed by atoms with van der Waals surface area (Å²) in [7, 11) is 0. The van der Waals surface area contributed by atoms with Gasteiger partial charge in [0.2, 0.25) is 0 Å². The van der Waals surface area contributed by atoms with Crippen LogP contribution in [0.3, 0.4) is 0 Å². The summed E-state index contributed by atoms with van der Waals surface area (Å²) in [6.45, 7) is 5.48. The van der Waals surface area contributed by atoms with Crippen LogP contribution in [0.2, 0.25) is 0 Å². The second kappa shape index (κ2) is 5.56. The summed E-state index contributed by atoms with van der Waals surface area (Å²) in [6.07, 6.45) is 7.54. The molecule has 1 aliphatic heterocycles. The summed E-state index contributed by atoms with van der Waals surface area (Å²) < 4.78 is 5.16. The van der Waals surface area contributed by atoms with Gasteiger partial charge in [-0.1, -0.05) is 0 Å². The summed E-state index contributed by atoms with van der Waals surface area (Å²) >= 11 is 0. The molecule has 0 fully saturated rings. The van der Waals surface area contributed by atoms with Crippen LogP contribution in [0.1, 0.15) is 20.8 Å². The molecule has 1 heterocycles. The average molecular weight is 231 g/mol. The van der Waals surface area contributed by atoms with Gasteiger partial charge in [-0.2, -0.15) is 0 Å². The predicted molar refractivity (Wildman–Crippen MR) is 62.1 cm³/mol. The van der Waals surface area contributed by atoms with E-state index >= 15 is 0 Å². The van der Waals surface area contributed by atoms with Crippen LogP contribution < -0.4 is 0 Å². The largest absolute Gasteiger partial charge is 0.443 e. The van der Waals surface area contributed by atoms with E-state index in [0.717, 1.165) is 0 Å². The Bertz CT molecular complexity index is 287. The van der Waals surface area contributed by atoms with Gasteiger partial charge in [-0.3, -0.25) is 9.89 Å². The van der Waals surface area contributed by atoms with E-state index in [9.17, 15) is 4.79 Å². The maximum absolute atomic E-state index is 11.5. The van der Waals surface area contributed by atoms with E-state index in [-0.39, 0.29) is 12.4 Å². The molecule has 15 heavy (non-hydrogen) atoms. The SMILES string of the molecule is CC(C)(C)OC(=O)N1C=CC=NC=C1.Cl. The zero-order chi connectivity index (χ0) is 10.6. The van der Waals surface area contributed by atoms with Crippen molar-refractivity contribution in [3.05, 3.63) is 24.7 Å². The number of carbonyl (C=O) groups excluding carboxylic acids is 1. The third kappa shape index (κ3) is 5.22. The molecule has 0 aromatic carbocycles. The van der Waals surface area contributed by atoms with Crippen molar-refractivity contribution < 1.29 is 9.53 Å². The normalized spacial score (nSPS) is 14.5. The van der Waals surface area contributed by atoms with Gasteiger partial charge in [0.25, 0.3) is 0 Å².